The third kappa shape index (κ3) is 5.75. The quantitative estimate of drug-likeness (QED) is 0.624. The first-order valence-corrected chi connectivity index (χ1v) is 10.1. The number of ether oxygens (including phenoxy) is 1. The zero-order valence-electron chi connectivity index (χ0n) is 15.3. The molecule has 2 atom stereocenters. The Morgan fingerprint density at radius 3 is 2.58 bits per heavy atom. The molecule has 0 saturated carbocycles. The lowest BCUT2D eigenvalue weighted by atomic mass is 9.87. The molecule has 0 spiro atoms. The summed E-state index contributed by atoms with van der Waals surface area (Å²) < 4.78 is 45.8. The van der Waals surface area contributed by atoms with Crippen LogP contribution in [-0.2, 0) is 19.6 Å². The summed E-state index contributed by atoms with van der Waals surface area (Å²) in [6.07, 6.45) is 0.839. The molecule has 1 aliphatic rings. The zero-order chi connectivity index (χ0) is 19.5. The average Bonchev–Trinajstić information content (AvgIpc) is 3.34. The third-order valence-corrected chi connectivity index (χ3v) is 6.20. The lowest BCUT2D eigenvalue weighted by molar-refractivity contribution is -0.137. The topological polar surface area (TPSA) is 87.2 Å². The summed E-state index contributed by atoms with van der Waals surface area (Å²) in [5.74, 6) is -1.51. The first-order chi connectivity index (χ1) is 12.1. The molecule has 1 unspecified atom stereocenters. The van der Waals surface area contributed by atoms with Gasteiger partial charge in [-0.3, -0.25) is 4.79 Å². The van der Waals surface area contributed by atoms with E-state index in [1.54, 1.807) is 0 Å². The third-order valence-electron chi connectivity index (χ3n) is 4.40. The van der Waals surface area contributed by atoms with Gasteiger partial charge in [0.2, 0.25) is 10.0 Å². The zero-order valence-corrected chi connectivity index (χ0v) is 16.1. The Kier molecular flexibility index (Phi) is 6.76. The number of rotatable bonds is 10. The fraction of sp³-hybridized carbons (Fsp3) is 0.611. The Labute approximate surface area is 154 Å². The number of carboxylic acids is 1. The highest BCUT2D eigenvalue weighted by molar-refractivity contribution is 7.89. The summed E-state index contributed by atoms with van der Waals surface area (Å²) in [5, 5.41) is 8.96. The molecule has 8 heteroatoms. The molecular weight excluding hydrogens is 361 g/mol. The van der Waals surface area contributed by atoms with Crippen molar-refractivity contribution in [2.24, 2.45) is 5.92 Å². The van der Waals surface area contributed by atoms with E-state index in [-0.39, 0.29) is 35.8 Å². The molecule has 0 aromatic heterocycles. The van der Waals surface area contributed by atoms with Crippen LogP contribution in [0.4, 0.5) is 4.39 Å². The maximum atomic E-state index is 14.2. The van der Waals surface area contributed by atoms with Gasteiger partial charge in [-0.1, -0.05) is 13.8 Å². The highest BCUT2D eigenvalue weighted by Gasteiger charge is 2.31. The Morgan fingerprint density at radius 1 is 1.38 bits per heavy atom. The molecule has 6 nitrogen and oxygen atoms in total. The van der Waals surface area contributed by atoms with E-state index in [2.05, 4.69) is 0 Å². The first-order valence-electron chi connectivity index (χ1n) is 8.69. The molecule has 0 bridgehead atoms. The van der Waals surface area contributed by atoms with E-state index in [4.69, 9.17) is 9.84 Å². The minimum absolute atomic E-state index is 0.0467. The van der Waals surface area contributed by atoms with E-state index in [0.29, 0.717) is 25.0 Å². The summed E-state index contributed by atoms with van der Waals surface area (Å²) in [6.45, 7) is 4.74. The summed E-state index contributed by atoms with van der Waals surface area (Å²) in [5.41, 5.74) is 0.523. The van der Waals surface area contributed by atoms with Crippen LogP contribution in [0, 0.1) is 11.7 Å². The van der Waals surface area contributed by atoms with E-state index in [1.165, 1.54) is 19.2 Å². The van der Waals surface area contributed by atoms with Crippen LogP contribution in [0.25, 0.3) is 0 Å². The lowest BCUT2D eigenvalue weighted by Crippen LogP contribution is -2.30. The van der Waals surface area contributed by atoms with E-state index in [0.717, 1.165) is 10.4 Å². The molecular formula is C18H26FNO5S. The van der Waals surface area contributed by atoms with Crippen LogP contribution < -0.4 is 0 Å². The number of carboxylic acid groups (broad SMARTS) is 1. The Bertz CT molecular complexity index is 746. The van der Waals surface area contributed by atoms with Crippen LogP contribution in [0.2, 0.25) is 0 Å². The highest BCUT2D eigenvalue weighted by Crippen LogP contribution is 2.31. The number of carbonyl (C=O) groups is 1. The van der Waals surface area contributed by atoms with E-state index >= 15 is 0 Å². The maximum Gasteiger partial charge on any atom is 0.303 e. The van der Waals surface area contributed by atoms with E-state index < -0.39 is 21.8 Å². The first kappa shape index (κ1) is 20.8. The number of nitrogens with zero attached hydrogens (tertiary/aromatic N) is 1. The van der Waals surface area contributed by atoms with Crippen molar-refractivity contribution in [2.45, 2.75) is 50.0 Å². The number of hydrogen-bond acceptors (Lipinski definition) is 4. The van der Waals surface area contributed by atoms with Gasteiger partial charge in [0.25, 0.3) is 0 Å². The SMILES string of the molecule is CC(C)C[C@H](CCC(=O)O)c1cc(F)cc(S(=O)(=O)N(C)CC2CO2)c1. The molecule has 1 aliphatic heterocycles. The number of benzene rings is 1. The van der Waals surface area contributed by atoms with Gasteiger partial charge in [0.1, 0.15) is 5.82 Å². The maximum absolute atomic E-state index is 14.2. The highest BCUT2D eigenvalue weighted by atomic mass is 32.2. The summed E-state index contributed by atoms with van der Waals surface area (Å²) in [7, 11) is -2.39. The number of hydrogen-bond donors (Lipinski definition) is 1. The molecule has 1 heterocycles. The predicted molar refractivity (Wildman–Crippen MR) is 95.0 cm³/mol. The summed E-state index contributed by atoms with van der Waals surface area (Å²) in [4.78, 5) is 10.8. The van der Waals surface area contributed by atoms with Gasteiger partial charge in [0, 0.05) is 20.0 Å². The molecule has 146 valence electrons. The standard InChI is InChI=1S/C18H26FNO5S/c1-12(2)6-13(4-5-18(21)22)14-7-15(19)9-17(8-14)26(23,24)20(3)10-16-11-25-16/h7-9,12-13,16H,4-6,10-11H2,1-3H3,(H,21,22)/t13-,16?/m0/s1. The van der Waals surface area contributed by atoms with E-state index in [9.17, 15) is 17.6 Å². The fourth-order valence-corrected chi connectivity index (χ4v) is 4.26. The predicted octanol–water partition coefficient (Wildman–Crippen LogP) is 2.84. The van der Waals surface area contributed by atoms with Gasteiger partial charge >= 0.3 is 5.97 Å². The van der Waals surface area contributed by atoms with Crippen molar-refractivity contribution in [3.8, 4) is 0 Å². The van der Waals surface area contributed by atoms with Crippen molar-refractivity contribution in [3.05, 3.63) is 29.6 Å². The molecule has 0 radical (unpaired) electrons. The van der Waals surface area contributed by atoms with Crippen molar-refractivity contribution in [2.75, 3.05) is 20.2 Å². The van der Waals surface area contributed by atoms with Gasteiger partial charge in [0.05, 0.1) is 17.6 Å². The second-order valence-corrected chi connectivity index (χ2v) is 9.26. The second kappa shape index (κ2) is 8.45. The molecule has 0 aliphatic carbocycles. The number of epoxide rings is 1. The number of halogens is 1. The normalized spacial score (nSPS) is 18.3. The largest absolute Gasteiger partial charge is 0.481 e. The van der Waals surface area contributed by atoms with Crippen LogP contribution in [-0.4, -0.2) is 50.1 Å². The average molecular weight is 387 g/mol. The van der Waals surface area contributed by atoms with E-state index in [1.807, 2.05) is 13.8 Å². The molecule has 2 rings (SSSR count). The molecule has 1 fully saturated rings. The van der Waals surface area contributed by atoms with Crippen LogP contribution in [0.3, 0.4) is 0 Å². The minimum atomic E-state index is -3.84. The van der Waals surface area contributed by atoms with Crippen molar-refractivity contribution >= 4 is 16.0 Å². The lowest BCUT2D eigenvalue weighted by Gasteiger charge is -2.21. The van der Waals surface area contributed by atoms with Crippen molar-refractivity contribution in [1.29, 1.82) is 0 Å². The van der Waals surface area contributed by atoms with Crippen LogP contribution in [0.1, 0.15) is 44.6 Å². The van der Waals surface area contributed by atoms with Crippen molar-refractivity contribution in [3.63, 3.8) is 0 Å². The number of sulfonamides is 1. The summed E-state index contributed by atoms with van der Waals surface area (Å²) in [6, 6.07) is 3.78. The van der Waals surface area contributed by atoms with Crippen LogP contribution >= 0.6 is 0 Å². The Morgan fingerprint density at radius 2 is 2.04 bits per heavy atom. The van der Waals surface area contributed by atoms with Gasteiger partial charge < -0.3 is 9.84 Å². The molecule has 1 aromatic carbocycles. The van der Waals surface area contributed by atoms with Gasteiger partial charge in [-0.25, -0.2) is 12.8 Å². The van der Waals surface area contributed by atoms with Crippen molar-refractivity contribution in [1.82, 2.24) is 4.31 Å². The van der Waals surface area contributed by atoms with Crippen LogP contribution in [0.15, 0.2) is 23.1 Å². The van der Waals surface area contributed by atoms with Gasteiger partial charge in [0.15, 0.2) is 0 Å². The van der Waals surface area contributed by atoms with Crippen LogP contribution in [0.5, 0.6) is 0 Å². The molecule has 0 amide bonds. The molecule has 1 aromatic rings. The minimum Gasteiger partial charge on any atom is -0.481 e. The Hall–Kier alpha value is -1.51. The van der Waals surface area contributed by atoms with Gasteiger partial charge in [-0.2, -0.15) is 4.31 Å². The Balaban J connectivity index is 2.31. The van der Waals surface area contributed by atoms with Gasteiger partial charge in [-0.15, -0.1) is 0 Å². The molecule has 1 N–H and O–H groups in total. The monoisotopic (exact) mass is 387 g/mol. The number of aliphatic carboxylic acids is 1. The molecule has 26 heavy (non-hydrogen) atoms. The van der Waals surface area contributed by atoms with Crippen molar-refractivity contribution < 1.29 is 27.4 Å². The second-order valence-electron chi connectivity index (χ2n) is 7.22. The molecule has 1 saturated heterocycles. The number of likely N-dealkylation sites (N-methyl/N-ethyl adjacent to an activating group) is 1. The smallest absolute Gasteiger partial charge is 0.303 e. The van der Waals surface area contributed by atoms with Gasteiger partial charge in [-0.05, 0) is 48.4 Å². The fourth-order valence-electron chi connectivity index (χ4n) is 2.99. The summed E-state index contributed by atoms with van der Waals surface area (Å²) >= 11 is 0.